The molecule has 0 unspecified atom stereocenters. The zero-order valence-electron chi connectivity index (χ0n) is 13.0. The number of imidazole rings is 1. The van der Waals surface area contributed by atoms with Crippen LogP contribution in [0.5, 0.6) is 0 Å². The number of hydrogen-bond donors (Lipinski definition) is 1. The van der Waals surface area contributed by atoms with E-state index in [1.54, 1.807) is 11.1 Å². The maximum atomic E-state index is 12.7. The van der Waals surface area contributed by atoms with E-state index in [0.29, 0.717) is 6.54 Å². The average Bonchev–Trinajstić information content (AvgIpc) is 2.99. The molecule has 22 heavy (non-hydrogen) atoms. The molecule has 1 aromatic heterocycles. The number of nitrogens with one attached hydrogen (secondary N) is 1. The molecule has 116 valence electrons. The van der Waals surface area contributed by atoms with Crippen molar-refractivity contribution in [2.75, 3.05) is 18.0 Å². The van der Waals surface area contributed by atoms with Gasteiger partial charge in [-0.1, -0.05) is 37.3 Å². The minimum atomic E-state index is 0.0572. The molecule has 1 aliphatic heterocycles. The SMILES string of the molecule is CCCc1ncc(N2CCCN(Cc3ccccc3)C2=O)[nH]1. The van der Waals surface area contributed by atoms with E-state index in [-0.39, 0.29) is 6.03 Å². The van der Waals surface area contributed by atoms with Crippen molar-refractivity contribution < 1.29 is 4.79 Å². The molecule has 0 aliphatic carbocycles. The first kappa shape index (κ1) is 14.6. The maximum Gasteiger partial charge on any atom is 0.325 e. The van der Waals surface area contributed by atoms with Crippen molar-refractivity contribution in [1.82, 2.24) is 14.9 Å². The number of urea groups is 1. The number of benzene rings is 1. The monoisotopic (exact) mass is 298 g/mol. The molecule has 2 heterocycles. The van der Waals surface area contributed by atoms with Crippen LogP contribution in [-0.2, 0) is 13.0 Å². The topological polar surface area (TPSA) is 52.2 Å². The number of rotatable bonds is 5. The molecular weight excluding hydrogens is 276 g/mol. The van der Waals surface area contributed by atoms with Crippen LogP contribution in [0.3, 0.4) is 0 Å². The van der Waals surface area contributed by atoms with Gasteiger partial charge < -0.3 is 9.88 Å². The lowest BCUT2D eigenvalue weighted by Crippen LogP contribution is -2.49. The van der Waals surface area contributed by atoms with Gasteiger partial charge in [0.2, 0.25) is 0 Å². The minimum Gasteiger partial charge on any atom is -0.328 e. The van der Waals surface area contributed by atoms with Crippen molar-refractivity contribution in [2.24, 2.45) is 0 Å². The van der Waals surface area contributed by atoms with E-state index in [2.05, 4.69) is 29.0 Å². The van der Waals surface area contributed by atoms with E-state index in [4.69, 9.17) is 0 Å². The summed E-state index contributed by atoms with van der Waals surface area (Å²) in [6.07, 6.45) is 4.70. The summed E-state index contributed by atoms with van der Waals surface area (Å²) in [7, 11) is 0. The number of H-pyrrole nitrogens is 1. The van der Waals surface area contributed by atoms with E-state index in [9.17, 15) is 4.79 Å². The van der Waals surface area contributed by atoms with Crippen LogP contribution in [-0.4, -0.2) is 34.0 Å². The summed E-state index contributed by atoms with van der Waals surface area (Å²) in [5.74, 6) is 1.76. The summed E-state index contributed by atoms with van der Waals surface area (Å²) < 4.78 is 0. The average molecular weight is 298 g/mol. The second-order valence-corrected chi connectivity index (χ2v) is 5.66. The molecular formula is C17H22N4O. The molecule has 5 heteroatoms. The van der Waals surface area contributed by atoms with E-state index in [1.165, 1.54) is 0 Å². The molecule has 0 bridgehead atoms. The molecule has 3 rings (SSSR count). The summed E-state index contributed by atoms with van der Waals surface area (Å²) in [6.45, 7) is 4.33. The normalized spacial score (nSPS) is 15.4. The van der Waals surface area contributed by atoms with Crippen LogP contribution < -0.4 is 4.90 Å². The number of carbonyl (C=O) groups excluding carboxylic acids is 1. The Labute approximate surface area is 131 Å². The molecule has 5 nitrogen and oxygen atoms in total. The van der Waals surface area contributed by atoms with Gasteiger partial charge >= 0.3 is 6.03 Å². The lowest BCUT2D eigenvalue weighted by molar-refractivity contribution is 0.192. The predicted molar refractivity (Wildman–Crippen MR) is 86.8 cm³/mol. The third-order valence-electron chi connectivity index (χ3n) is 3.92. The summed E-state index contributed by atoms with van der Waals surface area (Å²) in [4.78, 5) is 24.0. The van der Waals surface area contributed by atoms with Gasteiger partial charge in [0.25, 0.3) is 0 Å². The van der Waals surface area contributed by atoms with Crippen LogP contribution in [0.4, 0.5) is 10.6 Å². The van der Waals surface area contributed by atoms with Gasteiger partial charge in [-0.05, 0) is 18.4 Å². The highest BCUT2D eigenvalue weighted by Gasteiger charge is 2.27. The molecule has 0 radical (unpaired) electrons. The van der Waals surface area contributed by atoms with Crippen molar-refractivity contribution in [3.8, 4) is 0 Å². The van der Waals surface area contributed by atoms with Gasteiger partial charge in [-0.15, -0.1) is 0 Å². The highest BCUT2D eigenvalue weighted by atomic mass is 16.2. The fourth-order valence-corrected chi connectivity index (χ4v) is 2.81. The number of amides is 2. The Morgan fingerprint density at radius 1 is 1.23 bits per heavy atom. The summed E-state index contributed by atoms with van der Waals surface area (Å²) in [6, 6.07) is 10.2. The minimum absolute atomic E-state index is 0.0572. The number of anilines is 1. The Balaban J connectivity index is 1.71. The Bertz CT molecular complexity index is 623. The summed E-state index contributed by atoms with van der Waals surface area (Å²) in [5, 5.41) is 0. The van der Waals surface area contributed by atoms with Gasteiger partial charge in [0.1, 0.15) is 11.6 Å². The van der Waals surface area contributed by atoms with E-state index < -0.39 is 0 Å². The van der Waals surface area contributed by atoms with Crippen molar-refractivity contribution in [3.63, 3.8) is 0 Å². The standard InChI is InChI=1S/C17H22N4O/c1-2-7-15-18-12-16(19-15)21-11-6-10-20(17(21)22)13-14-8-4-3-5-9-14/h3-5,8-9,12H,2,6-7,10-11,13H2,1H3,(H,18,19). The second kappa shape index (κ2) is 6.64. The first-order valence-electron chi connectivity index (χ1n) is 7.92. The second-order valence-electron chi connectivity index (χ2n) is 5.66. The molecule has 1 N–H and O–H groups in total. The first-order chi connectivity index (χ1) is 10.8. The van der Waals surface area contributed by atoms with Gasteiger partial charge in [0, 0.05) is 26.1 Å². The molecule has 1 saturated heterocycles. The Kier molecular flexibility index (Phi) is 4.42. The largest absolute Gasteiger partial charge is 0.328 e. The van der Waals surface area contributed by atoms with Crippen molar-refractivity contribution in [2.45, 2.75) is 32.7 Å². The molecule has 2 aromatic rings. The number of hydrogen-bond acceptors (Lipinski definition) is 2. The van der Waals surface area contributed by atoms with Crippen LogP contribution in [0.15, 0.2) is 36.5 Å². The van der Waals surface area contributed by atoms with Gasteiger partial charge in [0.15, 0.2) is 0 Å². The lowest BCUT2D eigenvalue weighted by Gasteiger charge is -2.34. The third kappa shape index (κ3) is 3.13. The quantitative estimate of drug-likeness (QED) is 0.921. The van der Waals surface area contributed by atoms with Crippen LogP contribution >= 0.6 is 0 Å². The lowest BCUT2D eigenvalue weighted by atomic mass is 10.2. The third-order valence-corrected chi connectivity index (χ3v) is 3.92. The van der Waals surface area contributed by atoms with Gasteiger partial charge in [-0.3, -0.25) is 4.90 Å². The Morgan fingerprint density at radius 2 is 2.05 bits per heavy atom. The van der Waals surface area contributed by atoms with Crippen LogP contribution in [0.2, 0.25) is 0 Å². The van der Waals surface area contributed by atoms with Crippen LogP contribution in [0.25, 0.3) is 0 Å². The zero-order chi connectivity index (χ0) is 15.4. The first-order valence-corrected chi connectivity index (χ1v) is 7.92. The molecule has 1 aromatic carbocycles. The van der Waals surface area contributed by atoms with Gasteiger partial charge in [-0.25, -0.2) is 9.78 Å². The fraction of sp³-hybridized carbons (Fsp3) is 0.412. The molecule has 0 saturated carbocycles. The summed E-state index contributed by atoms with van der Waals surface area (Å²) in [5.41, 5.74) is 1.16. The van der Waals surface area contributed by atoms with Crippen LogP contribution in [0.1, 0.15) is 31.2 Å². The number of aryl methyl sites for hydroxylation is 1. The van der Waals surface area contributed by atoms with E-state index >= 15 is 0 Å². The van der Waals surface area contributed by atoms with Crippen molar-refractivity contribution in [1.29, 1.82) is 0 Å². The zero-order valence-corrected chi connectivity index (χ0v) is 13.0. The number of nitrogens with zero attached hydrogens (tertiary/aromatic N) is 3. The molecule has 0 spiro atoms. The highest BCUT2D eigenvalue weighted by molar-refractivity contribution is 5.91. The van der Waals surface area contributed by atoms with Gasteiger partial charge in [-0.2, -0.15) is 0 Å². The van der Waals surface area contributed by atoms with Crippen molar-refractivity contribution >= 4 is 11.8 Å². The highest BCUT2D eigenvalue weighted by Crippen LogP contribution is 2.20. The number of aromatic amines is 1. The van der Waals surface area contributed by atoms with E-state index in [0.717, 1.165) is 49.6 Å². The molecule has 1 fully saturated rings. The molecule has 2 amide bonds. The Morgan fingerprint density at radius 3 is 2.82 bits per heavy atom. The number of carbonyl (C=O) groups is 1. The maximum absolute atomic E-state index is 12.7. The van der Waals surface area contributed by atoms with Crippen molar-refractivity contribution in [3.05, 3.63) is 47.9 Å². The van der Waals surface area contributed by atoms with Gasteiger partial charge in [0.05, 0.1) is 6.20 Å². The fourth-order valence-electron chi connectivity index (χ4n) is 2.81. The molecule has 1 aliphatic rings. The predicted octanol–water partition coefficient (Wildman–Crippen LogP) is 3.19. The Hall–Kier alpha value is -2.30. The molecule has 0 atom stereocenters. The smallest absolute Gasteiger partial charge is 0.325 e. The summed E-state index contributed by atoms with van der Waals surface area (Å²) >= 11 is 0. The number of aromatic nitrogens is 2. The van der Waals surface area contributed by atoms with Crippen LogP contribution in [0, 0.1) is 0 Å². The van der Waals surface area contributed by atoms with E-state index in [1.807, 2.05) is 23.1 Å².